The van der Waals surface area contributed by atoms with Gasteiger partial charge in [0.15, 0.2) is 0 Å². The molecule has 106 valence electrons. The summed E-state index contributed by atoms with van der Waals surface area (Å²) in [6, 6.07) is 8.80. The SMILES string of the molecule is CC1c2ccsc2CCN1c1ccc([C@H](C)O)cc1Br. The Kier molecular flexibility index (Phi) is 3.89. The molecule has 0 bridgehead atoms. The fourth-order valence-electron chi connectivity index (χ4n) is 2.85. The van der Waals surface area contributed by atoms with Crippen molar-refractivity contribution in [3.05, 3.63) is 50.1 Å². The zero-order valence-corrected chi connectivity index (χ0v) is 14.0. The molecule has 0 radical (unpaired) electrons. The second-order valence-electron chi connectivity index (χ2n) is 5.31. The molecular weight excluding hydrogens is 334 g/mol. The molecule has 0 saturated carbocycles. The van der Waals surface area contributed by atoms with Crippen molar-refractivity contribution < 1.29 is 5.11 Å². The first kappa shape index (κ1) is 14.1. The average Bonchev–Trinajstić information content (AvgIpc) is 2.89. The van der Waals surface area contributed by atoms with Crippen LogP contribution in [0, 0.1) is 0 Å². The molecule has 0 spiro atoms. The highest BCUT2D eigenvalue weighted by atomic mass is 79.9. The van der Waals surface area contributed by atoms with Gasteiger partial charge in [-0.3, -0.25) is 0 Å². The zero-order valence-electron chi connectivity index (χ0n) is 11.6. The number of thiophene rings is 1. The molecule has 1 aromatic heterocycles. The maximum absolute atomic E-state index is 9.67. The Balaban J connectivity index is 1.94. The zero-order chi connectivity index (χ0) is 14.3. The molecule has 0 aliphatic carbocycles. The van der Waals surface area contributed by atoms with Crippen LogP contribution in [0.5, 0.6) is 0 Å². The highest BCUT2D eigenvalue weighted by Crippen LogP contribution is 2.39. The molecule has 0 amide bonds. The molecule has 20 heavy (non-hydrogen) atoms. The Hall–Kier alpha value is -0.840. The summed E-state index contributed by atoms with van der Waals surface area (Å²) in [4.78, 5) is 3.95. The molecule has 4 heteroatoms. The van der Waals surface area contributed by atoms with E-state index in [1.165, 1.54) is 16.1 Å². The third-order valence-corrected chi connectivity index (χ3v) is 5.67. The van der Waals surface area contributed by atoms with Crippen LogP contribution in [0.1, 0.15) is 42.0 Å². The second-order valence-corrected chi connectivity index (χ2v) is 7.16. The average molecular weight is 352 g/mol. The molecule has 1 N–H and O–H groups in total. The van der Waals surface area contributed by atoms with Crippen molar-refractivity contribution in [3.63, 3.8) is 0 Å². The van der Waals surface area contributed by atoms with E-state index in [0.717, 1.165) is 23.0 Å². The van der Waals surface area contributed by atoms with E-state index in [1.54, 1.807) is 6.92 Å². The lowest BCUT2D eigenvalue weighted by Crippen LogP contribution is -2.33. The molecule has 0 fully saturated rings. The van der Waals surface area contributed by atoms with Gasteiger partial charge in [-0.25, -0.2) is 0 Å². The molecule has 2 aromatic rings. The van der Waals surface area contributed by atoms with Crippen molar-refractivity contribution in [2.24, 2.45) is 0 Å². The quantitative estimate of drug-likeness (QED) is 0.848. The van der Waals surface area contributed by atoms with E-state index in [-0.39, 0.29) is 0 Å². The summed E-state index contributed by atoms with van der Waals surface area (Å²) in [5.74, 6) is 0. The Bertz CT molecular complexity index is 623. The number of benzene rings is 1. The third-order valence-electron chi connectivity index (χ3n) is 4.04. The molecule has 1 aliphatic rings. The van der Waals surface area contributed by atoms with Gasteiger partial charge in [-0.15, -0.1) is 11.3 Å². The largest absolute Gasteiger partial charge is 0.389 e. The van der Waals surface area contributed by atoms with Crippen LogP contribution < -0.4 is 4.90 Å². The molecular formula is C16H18BrNOS. The number of halogens is 1. The molecule has 1 aliphatic heterocycles. The van der Waals surface area contributed by atoms with Gasteiger partial charge in [0.05, 0.1) is 17.8 Å². The number of nitrogens with zero attached hydrogens (tertiary/aromatic N) is 1. The fourth-order valence-corrected chi connectivity index (χ4v) is 4.44. The normalized spacial score (nSPS) is 19.8. The van der Waals surface area contributed by atoms with E-state index in [0.29, 0.717) is 6.04 Å². The van der Waals surface area contributed by atoms with Gasteiger partial charge in [0.1, 0.15) is 0 Å². The van der Waals surface area contributed by atoms with E-state index in [1.807, 2.05) is 23.5 Å². The standard InChI is InChI=1S/C16H18BrNOS/c1-10-13-6-8-20-16(13)5-7-18(10)15-4-3-12(11(2)19)9-14(15)17/h3-4,6,8-11,19H,5,7H2,1-2H3/t10?,11-/m0/s1. The van der Waals surface area contributed by atoms with Gasteiger partial charge in [0, 0.05) is 15.9 Å². The Labute approximate surface area is 132 Å². The summed E-state index contributed by atoms with van der Waals surface area (Å²) in [7, 11) is 0. The van der Waals surface area contributed by atoms with Gasteiger partial charge >= 0.3 is 0 Å². The van der Waals surface area contributed by atoms with Crippen LogP contribution in [-0.4, -0.2) is 11.7 Å². The second kappa shape index (κ2) is 5.51. The van der Waals surface area contributed by atoms with E-state index in [4.69, 9.17) is 0 Å². The van der Waals surface area contributed by atoms with Crippen LogP contribution >= 0.6 is 27.3 Å². The monoisotopic (exact) mass is 351 g/mol. The van der Waals surface area contributed by atoms with Gasteiger partial charge in [-0.1, -0.05) is 6.07 Å². The topological polar surface area (TPSA) is 23.5 Å². The molecule has 0 saturated heterocycles. The lowest BCUT2D eigenvalue weighted by Gasteiger charge is -2.36. The van der Waals surface area contributed by atoms with Crippen LogP contribution in [0.2, 0.25) is 0 Å². The lowest BCUT2D eigenvalue weighted by molar-refractivity contribution is 0.199. The van der Waals surface area contributed by atoms with E-state index in [2.05, 4.69) is 45.3 Å². The van der Waals surface area contributed by atoms with Gasteiger partial charge < -0.3 is 10.0 Å². The van der Waals surface area contributed by atoms with Crippen LogP contribution in [0.3, 0.4) is 0 Å². The van der Waals surface area contributed by atoms with Gasteiger partial charge in [0.2, 0.25) is 0 Å². The minimum absolute atomic E-state index is 0.402. The smallest absolute Gasteiger partial charge is 0.0762 e. The third kappa shape index (κ3) is 2.41. The predicted molar refractivity (Wildman–Crippen MR) is 88.6 cm³/mol. The Morgan fingerprint density at radius 1 is 1.40 bits per heavy atom. The van der Waals surface area contributed by atoms with E-state index < -0.39 is 6.10 Å². The summed E-state index contributed by atoms with van der Waals surface area (Å²) < 4.78 is 1.06. The molecule has 2 heterocycles. The summed E-state index contributed by atoms with van der Waals surface area (Å²) >= 11 is 5.52. The molecule has 2 atom stereocenters. The summed E-state index contributed by atoms with van der Waals surface area (Å²) in [5, 5.41) is 11.9. The molecule has 1 aromatic carbocycles. The van der Waals surface area contributed by atoms with Crippen LogP contribution in [0.25, 0.3) is 0 Å². The molecule has 3 rings (SSSR count). The highest BCUT2D eigenvalue weighted by Gasteiger charge is 2.26. The highest BCUT2D eigenvalue weighted by molar-refractivity contribution is 9.10. The fraction of sp³-hybridized carbons (Fsp3) is 0.375. The van der Waals surface area contributed by atoms with E-state index in [9.17, 15) is 5.11 Å². The first-order valence-corrected chi connectivity index (χ1v) is 8.55. The van der Waals surface area contributed by atoms with Crippen LogP contribution in [0.15, 0.2) is 34.1 Å². The Morgan fingerprint density at radius 2 is 2.20 bits per heavy atom. The maximum Gasteiger partial charge on any atom is 0.0762 e. The minimum Gasteiger partial charge on any atom is -0.389 e. The van der Waals surface area contributed by atoms with E-state index >= 15 is 0 Å². The number of hydrogen-bond acceptors (Lipinski definition) is 3. The number of rotatable bonds is 2. The first-order valence-electron chi connectivity index (χ1n) is 6.88. The van der Waals surface area contributed by atoms with Crippen LogP contribution in [0.4, 0.5) is 5.69 Å². The summed E-state index contributed by atoms with van der Waals surface area (Å²) in [6.07, 6.45) is 0.685. The van der Waals surface area contributed by atoms with Crippen molar-refractivity contribution in [3.8, 4) is 0 Å². The van der Waals surface area contributed by atoms with Crippen molar-refractivity contribution in [2.45, 2.75) is 32.4 Å². The van der Waals surface area contributed by atoms with Crippen molar-refractivity contribution in [2.75, 3.05) is 11.4 Å². The first-order chi connectivity index (χ1) is 9.58. The molecule has 2 nitrogen and oxygen atoms in total. The Morgan fingerprint density at radius 3 is 2.90 bits per heavy atom. The number of anilines is 1. The lowest BCUT2D eigenvalue weighted by atomic mass is 10.00. The number of fused-ring (bicyclic) bond motifs is 1. The minimum atomic E-state index is -0.428. The number of hydrogen-bond donors (Lipinski definition) is 1. The van der Waals surface area contributed by atoms with Crippen molar-refractivity contribution in [1.82, 2.24) is 0 Å². The summed E-state index contributed by atoms with van der Waals surface area (Å²) in [5.41, 5.74) is 3.60. The van der Waals surface area contributed by atoms with Crippen LogP contribution in [-0.2, 0) is 6.42 Å². The van der Waals surface area contributed by atoms with Gasteiger partial charge in [-0.05, 0) is 70.9 Å². The van der Waals surface area contributed by atoms with Gasteiger partial charge in [0.25, 0.3) is 0 Å². The molecule has 1 unspecified atom stereocenters. The summed E-state index contributed by atoms with van der Waals surface area (Å²) in [6.45, 7) is 5.10. The van der Waals surface area contributed by atoms with Crippen molar-refractivity contribution >= 4 is 33.0 Å². The predicted octanol–water partition coefficient (Wildman–Crippen LogP) is 4.69. The number of aliphatic hydroxyl groups excluding tert-OH is 1. The van der Waals surface area contributed by atoms with Gasteiger partial charge in [-0.2, -0.15) is 0 Å². The maximum atomic E-state index is 9.67. The van der Waals surface area contributed by atoms with Crippen molar-refractivity contribution in [1.29, 1.82) is 0 Å². The number of aliphatic hydroxyl groups is 1.